The standard InChI is InChI=1S/C15H19N3/c1-10(11-4-2-5-11)18-14-8-7-13(16)15-12(14)6-3-9-17-15/h3,6-11,18H,2,4-5,16H2,1H3. The first-order chi connectivity index (χ1) is 8.75. The van der Waals surface area contributed by atoms with Gasteiger partial charge >= 0.3 is 0 Å². The average molecular weight is 241 g/mol. The molecular weight excluding hydrogens is 222 g/mol. The van der Waals surface area contributed by atoms with Gasteiger partial charge in [0.25, 0.3) is 0 Å². The van der Waals surface area contributed by atoms with E-state index in [4.69, 9.17) is 5.73 Å². The van der Waals surface area contributed by atoms with Gasteiger partial charge in [0.2, 0.25) is 0 Å². The maximum absolute atomic E-state index is 5.96. The molecule has 2 aromatic rings. The summed E-state index contributed by atoms with van der Waals surface area (Å²) in [5.41, 5.74) is 8.74. The molecule has 0 radical (unpaired) electrons. The Morgan fingerprint density at radius 3 is 2.89 bits per heavy atom. The van der Waals surface area contributed by atoms with Crippen LogP contribution in [0.15, 0.2) is 30.5 Å². The van der Waals surface area contributed by atoms with E-state index in [0.29, 0.717) is 6.04 Å². The van der Waals surface area contributed by atoms with Crippen LogP contribution in [0, 0.1) is 5.92 Å². The third-order valence-corrected chi connectivity index (χ3v) is 4.04. The molecule has 0 spiro atoms. The number of nitrogens with two attached hydrogens (primary N) is 1. The van der Waals surface area contributed by atoms with Crippen molar-refractivity contribution in [2.24, 2.45) is 5.92 Å². The smallest absolute Gasteiger partial charge is 0.0951 e. The normalized spacial score (nSPS) is 17.4. The number of pyridine rings is 1. The molecule has 3 nitrogen and oxygen atoms in total. The number of nitrogens with one attached hydrogen (secondary N) is 1. The van der Waals surface area contributed by atoms with Crippen LogP contribution in [0.4, 0.5) is 11.4 Å². The van der Waals surface area contributed by atoms with Gasteiger partial charge in [-0.05, 0) is 49.9 Å². The summed E-state index contributed by atoms with van der Waals surface area (Å²) < 4.78 is 0. The fourth-order valence-corrected chi connectivity index (χ4v) is 2.62. The number of fused-ring (bicyclic) bond motifs is 1. The summed E-state index contributed by atoms with van der Waals surface area (Å²) >= 11 is 0. The maximum Gasteiger partial charge on any atom is 0.0951 e. The van der Waals surface area contributed by atoms with Crippen molar-refractivity contribution in [1.29, 1.82) is 0 Å². The molecule has 0 aliphatic heterocycles. The molecule has 0 saturated heterocycles. The Labute approximate surface area is 107 Å². The average Bonchev–Trinajstić information content (AvgIpc) is 2.31. The summed E-state index contributed by atoms with van der Waals surface area (Å²) in [6.45, 7) is 2.27. The van der Waals surface area contributed by atoms with E-state index in [1.807, 2.05) is 12.1 Å². The van der Waals surface area contributed by atoms with Crippen LogP contribution in [0.2, 0.25) is 0 Å². The van der Waals surface area contributed by atoms with E-state index in [9.17, 15) is 0 Å². The Hall–Kier alpha value is -1.77. The van der Waals surface area contributed by atoms with Crippen molar-refractivity contribution in [1.82, 2.24) is 4.98 Å². The van der Waals surface area contributed by atoms with Crippen molar-refractivity contribution in [3.05, 3.63) is 30.5 Å². The molecule has 1 aromatic heterocycles. The molecule has 3 N–H and O–H groups in total. The summed E-state index contributed by atoms with van der Waals surface area (Å²) in [5, 5.41) is 4.73. The van der Waals surface area contributed by atoms with Crippen LogP contribution in [0.1, 0.15) is 26.2 Å². The van der Waals surface area contributed by atoms with E-state index in [0.717, 1.165) is 28.2 Å². The van der Waals surface area contributed by atoms with E-state index >= 15 is 0 Å². The quantitative estimate of drug-likeness (QED) is 0.809. The number of aromatic nitrogens is 1. The lowest BCUT2D eigenvalue weighted by molar-refractivity contribution is 0.285. The lowest BCUT2D eigenvalue weighted by Crippen LogP contribution is -2.30. The summed E-state index contributed by atoms with van der Waals surface area (Å²) in [6.07, 6.45) is 5.86. The zero-order valence-corrected chi connectivity index (χ0v) is 10.7. The highest BCUT2D eigenvalue weighted by molar-refractivity contribution is 5.98. The fourth-order valence-electron chi connectivity index (χ4n) is 2.62. The second kappa shape index (κ2) is 4.48. The third-order valence-electron chi connectivity index (χ3n) is 4.04. The second-order valence-electron chi connectivity index (χ2n) is 5.23. The van der Waals surface area contributed by atoms with E-state index in [-0.39, 0.29) is 0 Å². The highest BCUT2D eigenvalue weighted by Gasteiger charge is 2.24. The third kappa shape index (κ3) is 1.90. The molecule has 1 aliphatic carbocycles. The number of anilines is 2. The Morgan fingerprint density at radius 1 is 1.33 bits per heavy atom. The highest BCUT2D eigenvalue weighted by atomic mass is 14.9. The SMILES string of the molecule is CC(Nc1ccc(N)c2ncccc12)C1CCC1. The fraction of sp³-hybridized carbons (Fsp3) is 0.400. The van der Waals surface area contributed by atoms with Gasteiger partial charge in [-0.25, -0.2) is 0 Å². The van der Waals surface area contributed by atoms with Crippen molar-refractivity contribution in [2.45, 2.75) is 32.2 Å². The zero-order chi connectivity index (χ0) is 12.5. The topological polar surface area (TPSA) is 50.9 Å². The van der Waals surface area contributed by atoms with Gasteiger partial charge in [0, 0.05) is 23.3 Å². The number of hydrogen-bond acceptors (Lipinski definition) is 3. The molecule has 1 heterocycles. The largest absolute Gasteiger partial charge is 0.397 e. The minimum absolute atomic E-state index is 0.519. The van der Waals surface area contributed by atoms with E-state index < -0.39 is 0 Å². The molecule has 1 saturated carbocycles. The Balaban J connectivity index is 1.94. The van der Waals surface area contributed by atoms with Gasteiger partial charge in [0.05, 0.1) is 11.2 Å². The first-order valence-electron chi connectivity index (χ1n) is 6.65. The predicted molar refractivity (Wildman–Crippen MR) is 76.6 cm³/mol. The molecule has 18 heavy (non-hydrogen) atoms. The molecule has 0 amide bonds. The zero-order valence-electron chi connectivity index (χ0n) is 10.7. The van der Waals surface area contributed by atoms with Crippen LogP contribution in [-0.4, -0.2) is 11.0 Å². The number of hydrogen-bond donors (Lipinski definition) is 2. The van der Waals surface area contributed by atoms with Crippen molar-refractivity contribution in [3.8, 4) is 0 Å². The lowest BCUT2D eigenvalue weighted by Gasteiger charge is -2.32. The van der Waals surface area contributed by atoms with Gasteiger partial charge in [-0.2, -0.15) is 0 Å². The number of benzene rings is 1. The molecule has 1 atom stereocenters. The number of rotatable bonds is 3. The molecule has 1 unspecified atom stereocenters. The van der Waals surface area contributed by atoms with Gasteiger partial charge in [-0.15, -0.1) is 0 Å². The monoisotopic (exact) mass is 241 g/mol. The van der Waals surface area contributed by atoms with Gasteiger partial charge < -0.3 is 11.1 Å². The first kappa shape index (κ1) is 11.3. The minimum atomic E-state index is 0.519. The maximum atomic E-state index is 5.96. The van der Waals surface area contributed by atoms with Crippen LogP contribution in [0.25, 0.3) is 10.9 Å². The van der Waals surface area contributed by atoms with Gasteiger partial charge in [-0.3, -0.25) is 4.98 Å². The molecule has 0 bridgehead atoms. The van der Waals surface area contributed by atoms with E-state index in [1.54, 1.807) is 6.20 Å². The highest BCUT2D eigenvalue weighted by Crippen LogP contribution is 2.33. The predicted octanol–water partition coefficient (Wildman–Crippen LogP) is 3.42. The summed E-state index contributed by atoms with van der Waals surface area (Å²) in [5.74, 6) is 0.814. The summed E-state index contributed by atoms with van der Waals surface area (Å²) in [4.78, 5) is 4.36. The number of nitrogen functional groups attached to an aromatic ring is 1. The molecule has 1 aromatic carbocycles. The molecule has 3 heteroatoms. The lowest BCUT2D eigenvalue weighted by atomic mass is 9.80. The molecule has 94 valence electrons. The van der Waals surface area contributed by atoms with Gasteiger partial charge in [0.1, 0.15) is 0 Å². The van der Waals surface area contributed by atoms with Crippen molar-refractivity contribution < 1.29 is 0 Å². The first-order valence-corrected chi connectivity index (χ1v) is 6.65. The van der Waals surface area contributed by atoms with E-state index in [1.165, 1.54) is 19.3 Å². The van der Waals surface area contributed by atoms with Crippen LogP contribution in [0.3, 0.4) is 0 Å². The van der Waals surface area contributed by atoms with Gasteiger partial charge in [0.15, 0.2) is 0 Å². The summed E-state index contributed by atoms with van der Waals surface area (Å²) in [7, 11) is 0. The van der Waals surface area contributed by atoms with Crippen molar-refractivity contribution >= 4 is 22.3 Å². The number of nitrogens with zero attached hydrogens (tertiary/aromatic N) is 1. The Bertz CT molecular complexity index is 561. The summed E-state index contributed by atoms with van der Waals surface area (Å²) in [6, 6.07) is 8.56. The van der Waals surface area contributed by atoms with Crippen LogP contribution >= 0.6 is 0 Å². The second-order valence-corrected chi connectivity index (χ2v) is 5.23. The molecule has 1 aliphatic rings. The Kier molecular flexibility index (Phi) is 2.82. The molecule has 3 rings (SSSR count). The van der Waals surface area contributed by atoms with E-state index in [2.05, 4.69) is 29.4 Å². The van der Waals surface area contributed by atoms with Gasteiger partial charge in [-0.1, -0.05) is 6.42 Å². The Morgan fingerprint density at radius 2 is 2.17 bits per heavy atom. The minimum Gasteiger partial charge on any atom is -0.397 e. The van der Waals surface area contributed by atoms with Crippen LogP contribution < -0.4 is 11.1 Å². The van der Waals surface area contributed by atoms with Crippen molar-refractivity contribution in [3.63, 3.8) is 0 Å². The molecule has 1 fully saturated rings. The molecular formula is C15H19N3. The van der Waals surface area contributed by atoms with Crippen LogP contribution in [0.5, 0.6) is 0 Å². The van der Waals surface area contributed by atoms with Crippen molar-refractivity contribution in [2.75, 3.05) is 11.1 Å². The van der Waals surface area contributed by atoms with Crippen LogP contribution in [-0.2, 0) is 0 Å².